The van der Waals surface area contributed by atoms with Gasteiger partial charge in [-0.1, -0.05) is 24.2 Å². The minimum Gasteiger partial charge on any atom is -0.399 e. The van der Waals surface area contributed by atoms with Crippen molar-refractivity contribution in [2.45, 2.75) is 33.1 Å². The summed E-state index contributed by atoms with van der Waals surface area (Å²) in [5.74, 6) is 0. The van der Waals surface area contributed by atoms with E-state index in [0.717, 1.165) is 30.7 Å². The fraction of sp³-hybridized carbons (Fsp3) is 0.800. The van der Waals surface area contributed by atoms with Gasteiger partial charge in [-0.2, -0.15) is 0 Å². The van der Waals surface area contributed by atoms with Crippen molar-refractivity contribution in [3.8, 4) is 0 Å². The van der Waals surface area contributed by atoms with E-state index in [0.29, 0.717) is 0 Å². The fourth-order valence-corrected chi connectivity index (χ4v) is 1.92. The lowest BCUT2D eigenvalue weighted by Crippen LogP contribution is -2.29. The molecular formula is C10H18N2O2. The van der Waals surface area contributed by atoms with Gasteiger partial charge in [0, 0.05) is 6.42 Å². The molecule has 0 bridgehead atoms. The predicted molar refractivity (Wildman–Crippen MR) is 56.5 cm³/mol. The molecule has 1 aliphatic rings. The predicted octanol–water partition coefficient (Wildman–Crippen LogP) is 2.20. The van der Waals surface area contributed by atoms with Crippen molar-refractivity contribution in [1.29, 1.82) is 0 Å². The van der Waals surface area contributed by atoms with E-state index in [2.05, 4.69) is 24.2 Å². The fourth-order valence-electron chi connectivity index (χ4n) is 1.92. The molecule has 4 heteroatoms. The lowest BCUT2D eigenvalue weighted by Gasteiger charge is -2.30. The van der Waals surface area contributed by atoms with E-state index in [-0.39, 0.29) is 5.41 Å². The van der Waals surface area contributed by atoms with Crippen molar-refractivity contribution in [3.63, 3.8) is 0 Å². The lowest BCUT2D eigenvalue weighted by atomic mass is 9.75. The van der Waals surface area contributed by atoms with Crippen LogP contribution in [0.15, 0.2) is 10.3 Å². The van der Waals surface area contributed by atoms with E-state index in [1.54, 1.807) is 14.2 Å². The van der Waals surface area contributed by atoms with Crippen LogP contribution in [0.3, 0.4) is 0 Å². The first-order valence-electron chi connectivity index (χ1n) is 4.75. The third-order valence-electron chi connectivity index (χ3n) is 2.21. The SMILES string of the molecule is CON=C1CC(=NOC)CC(C)(C)C1. The summed E-state index contributed by atoms with van der Waals surface area (Å²) in [4.78, 5) is 9.59. The summed E-state index contributed by atoms with van der Waals surface area (Å²) in [5, 5.41) is 7.98. The zero-order valence-corrected chi connectivity index (χ0v) is 9.33. The molecule has 1 rings (SSSR count). The highest BCUT2D eigenvalue weighted by Crippen LogP contribution is 2.32. The Kier molecular flexibility index (Phi) is 3.49. The van der Waals surface area contributed by atoms with Crippen LogP contribution in [0.1, 0.15) is 33.1 Å². The van der Waals surface area contributed by atoms with Crippen LogP contribution in [-0.2, 0) is 9.68 Å². The number of rotatable bonds is 2. The van der Waals surface area contributed by atoms with E-state index in [9.17, 15) is 0 Å². The molecule has 0 spiro atoms. The number of nitrogens with zero attached hydrogens (tertiary/aromatic N) is 2. The van der Waals surface area contributed by atoms with Crippen LogP contribution >= 0.6 is 0 Å². The molecule has 0 aromatic rings. The monoisotopic (exact) mass is 198 g/mol. The highest BCUT2D eigenvalue weighted by atomic mass is 16.6. The maximum absolute atomic E-state index is 4.79. The summed E-state index contributed by atoms with van der Waals surface area (Å²) in [7, 11) is 3.14. The van der Waals surface area contributed by atoms with Crippen molar-refractivity contribution in [3.05, 3.63) is 0 Å². The van der Waals surface area contributed by atoms with Gasteiger partial charge in [0.05, 0.1) is 11.4 Å². The molecule has 1 aliphatic carbocycles. The second kappa shape index (κ2) is 4.44. The molecule has 0 amide bonds. The molecule has 0 radical (unpaired) electrons. The topological polar surface area (TPSA) is 43.2 Å². The van der Waals surface area contributed by atoms with Crippen molar-refractivity contribution < 1.29 is 9.68 Å². The normalized spacial score (nSPS) is 26.6. The van der Waals surface area contributed by atoms with Gasteiger partial charge >= 0.3 is 0 Å². The van der Waals surface area contributed by atoms with E-state index >= 15 is 0 Å². The summed E-state index contributed by atoms with van der Waals surface area (Å²) in [6.07, 6.45) is 2.69. The second-order valence-corrected chi connectivity index (χ2v) is 4.37. The highest BCUT2D eigenvalue weighted by Gasteiger charge is 2.29. The molecule has 14 heavy (non-hydrogen) atoms. The molecule has 1 fully saturated rings. The van der Waals surface area contributed by atoms with Crippen LogP contribution in [-0.4, -0.2) is 25.6 Å². The van der Waals surface area contributed by atoms with Gasteiger partial charge in [0.2, 0.25) is 0 Å². The zero-order chi connectivity index (χ0) is 10.6. The largest absolute Gasteiger partial charge is 0.399 e. The van der Waals surface area contributed by atoms with Crippen LogP contribution in [0.25, 0.3) is 0 Å². The highest BCUT2D eigenvalue weighted by molar-refractivity contribution is 6.06. The van der Waals surface area contributed by atoms with Crippen LogP contribution in [0.5, 0.6) is 0 Å². The van der Waals surface area contributed by atoms with Crippen molar-refractivity contribution in [2.75, 3.05) is 14.2 Å². The smallest absolute Gasteiger partial charge is 0.106 e. The summed E-state index contributed by atoms with van der Waals surface area (Å²) in [5.41, 5.74) is 2.28. The van der Waals surface area contributed by atoms with Gasteiger partial charge in [-0.15, -0.1) is 0 Å². The van der Waals surface area contributed by atoms with Gasteiger partial charge in [0.25, 0.3) is 0 Å². The Balaban J connectivity index is 2.77. The van der Waals surface area contributed by atoms with Crippen molar-refractivity contribution in [1.82, 2.24) is 0 Å². The van der Waals surface area contributed by atoms with E-state index in [1.807, 2.05) is 0 Å². The zero-order valence-electron chi connectivity index (χ0n) is 9.33. The minimum absolute atomic E-state index is 0.201. The number of hydrogen-bond donors (Lipinski definition) is 0. The lowest BCUT2D eigenvalue weighted by molar-refractivity contribution is 0.203. The Morgan fingerprint density at radius 3 is 1.79 bits per heavy atom. The molecule has 4 nitrogen and oxygen atoms in total. The third kappa shape index (κ3) is 3.01. The molecule has 1 saturated carbocycles. The molecule has 0 unspecified atom stereocenters. The van der Waals surface area contributed by atoms with Crippen molar-refractivity contribution >= 4 is 11.4 Å². The van der Waals surface area contributed by atoms with Gasteiger partial charge < -0.3 is 9.68 Å². The average Bonchev–Trinajstić information content (AvgIpc) is 2.01. The molecule has 0 atom stereocenters. The Morgan fingerprint density at radius 2 is 1.43 bits per heavy atom. The minimum atomic E-state index is 0.201. The molecule has 0 saturated heterocycles. The Morgan fingerprint density at radius 1 is 1.00 bits per heavy atom. The number of hydrogen-bond acceptors (Lipinski definition) is 4. The Hall–Kier alpha value is -1.06. The van der Waals surface area contributed by atoms with E-state index < -0.39 is 0 Å². The summed E-state index contributed by atoms with van der Waals surface area (Å²) in [6.45, 7) is 4.39. The first-order chi connectivity index (χ1) is 6.57. The quantitative estimate of drug-likeness (QED) is 0.638. The maximum Gasteiger partial charge on any atom is 0.106 e. The average molecular weight is 198 g/mol. The molecule has 0 aliphatic heterocycles. The molecular weight excluding hydrogens is 180 g/mol. The Bertz CT molecular complexity index is 233. The summed E-state index contributed by atoms with van der Waals surface area (Å²) < 4.78 is 0. The molecule has 0 heterocycles. The molecule has 80 valence electrons. The standard InChI is InChI=1S/C10H18N2O2/c1-10(2)6-8(11-13-3)5-9(7-10)12-14-4/h5-7H2,1-4H3. The van der Waals surface area contributed by atoms with Gasteiger partial charge in [-0.05, 0) is 18.3 Å². The first kappa shape index (κ1) is 11.0. The molecule has 0 N–H and O–H groups in total. The van der Waals surface area contributed by atoms with Crippen LogP contribution in [0.4, 0.5) is 0 Å². The van der Waals surface area contributed by atoms with Crippen LogP contribution < -0.4 is 0 Å². The van der Waals surface area contributed by atoms with Gasteiger partial charge in [0.1, 0.15) is 14.2 Å². The number of oxime groups is 2. The van der Waals surface area contributed by atoms with Crippen LogP contribution in [0, 0.1) is 5.41 Å². The molecule has 0 aromatic carbocycles. The Labute approximate surface area is 84.9 Å². The molecule has 0 aromatic heterocycles. The summed E-state index contributed by atoms with van der Waals surface area (Å²) >= 11 is 0. The van der Waals surface area contributed by atoms with E-state index in [4.69, 9.17) is 9.68 Å². The second-order valence-electron chi connectivity index (χ2n) is 4.37. The van der Waals surface area contributed by atoms with Crippen molar-refractivity contribution in [2.24, 2.45) is 15.7 Å². The third-order valence-corrected chi connectivity index (χ3v) is 2.21. The maximum atomic E-state index is 4.79. The van der Waals surface area contributed by atoms with Gasteiger partial charge in [-0.25, -0.2) is 0 Å². The van der Waals surface area contributed by atoms with Gasteiger partial charge in [0.15, 0.2) is 0 Å². The first-order valence-corrected chi connectivity index (χ1v) is 4.75. The van der Waals surface area contributed by atoms with Gasteiger partial charge in [-0.3, -0.25) is 0 Å². The van der Waals surface area contributed by atoms with Crippen LogP contribution in [0.2, 0.25) is 0 Å². The summed E-state index contributed by atoms with van der Waals surface area (Å²) in [6, 6.07) is 0. The van der Waals surface area contributed by atoms with E-state index in [1.165, 1.54) is 0 Å².